The molecule has 1 N–H and O–H groups in total. The van der Waals surface area contributed by atoms with Crippen molar-refractivity contribution in [2.75, 3.05) is 7.11 Å². The molecule has 2 heterocycles. The zero-order valence-electron chi connectivity index (χ0n) is 10.9. The van der Waals surface area contributed by atoms with Crippen LogP contribution in [0.4, 0.5) is 8.78 Å². The Bertz CT molecular complexity index is 635. The third-order valence-electron chi connectivity index (χ3n) is 3.55. The second-order valence-electron chi connectivity index (χ2n) is 4.79. The molecule has 0 amide bonds. The number of hydrogen-bond donors (Lipinski definition) is 2. The van der Waals surface area contributed by atoms with Crippen LogP contribution in [0.5, 0.6) is 0 Å². The first kappa shape index (κ1) is 17.5. The van der Waals surface area contributed by atoms with E-state index in [1.54, 1.807) is 0 Å². The Morgan fingerprint density at radius 3 is 2.41 bits per heavy atom. The van der Waals surface area contributed by atoms with E-state index in [2.05, 4.69) is 4.74 Å². The van der Waals surface area contributed by atoms with E-state index in [9.17, 15) is 30.4 Å². The fourth-order valence-corrected chi connectivity index (χ4v) is 3.66. The van der Waals surface area contributed by atoms with E-state index in [1.807, 2.05) is 0 Å². The maximum Gasteiger partial charge on any atom is 0.465 e. The van der Waals surface area contributed by atoms with Gasteiger partial charge in [0, 0.05) is 7.11 Å². The Kier molecular flexibility index (Phi) is 4.47. The highest BCUT2D eigenvalue weighted by molar-refractivity contribution is 7.87. The number of halogens is 2. The molecule has 2 bridgehead atoms. The Hall–Kier alpha value is -0.890. The molecular formula is C9H12F2O9S2. The molecule has 13 heteroatoms. The molecule has 0 spiro atoms. The van der Waals surface area contributed by atoms with Gasteiger partial charge in [-0.3, -0.25) is 4.55 Å². The third kappa shape index (κ3) is 2.71. The maximum atomic E-state index is 13.2. The van der Waals surface area contributed by atoms with E-state index in [-0.39, 0.29) is 6.42 Å². The van der Waals surface area contributed by atoms with Crippen molar-refractivity contribution in [3.8, 4) is 0 Å². The number of alkyl halides is 2. The van der Waals surface area contributed by atoms with Crippen LogP contribution in [0.1, 0.15) is 6.42 Å². The predicted octanol–water partition coefficient (Wildman–Crippen LogP) is -1.46. The first-order chi connectivity index (χ1) is 10.0. The molecule has 2 fully saturated rings. The summed E-state index contributed by atoms with van der Waals surface area (Å²) in [4.78, 5) is 11.3. The lowest BCUT2D eigenvalue weighted by atomic mass is 9.94. The lowest BCUT2D eigenvalue weighted by molar-refractivity contribution is -0.175. The predicted molar refractivity (Wildman–Crippen MR) is 64.6 cm³/mol. The van der Waals surface area contributed by atoms with E-state index in [4.69, 9.17) is 14.0 Å². The van der Waals surface area contributed by atoms with Gasteiger partial charge in [-0.2, -0.15) is 17.2 Å². The fraction of sp³-hybridized carbons (Fsp3) is 0.889. The highest BCUT2D eigenvalue weighted by atomic mass is 32.2. The van der Waals surface area contributed by atoms with Crippen LogP contribution in [0.3, 0.4) is 0 Å². The highest BCUT2D eigenvalue weighted by Crippen LogP contribution is 2.40. The fourth-order valence-electron chi connectivity index (χ4n) is 2.54. The number of carbonyl (C=O) groups excluding carboxylic acids is 1. The van der Waals surface area contributed by atoms with Crippen LogP contribution in [0.15, 0.2) is 0 Å². The minimum absolute atomic E-state index is 0.0986. The summed E-state index contributed by atoms with van der Waals surface area (Å²) < 4.78 is 92.2. The van der Waals surface area contributed by atoms with Crippen LogP contribution in [-0.2, 0) is 39.8 Å². The van der Waals surface area contributed by atoms with E-state index in [1.165, 1.54) is 0 Å². The number of ether oxygens (including phenoxy) is 3. The number of fused-ring (bicyclic) bond motifs is 2. The number of rotatable bonds is 5. The molecule has 2 rings (SSSR count). The van der Waals surface area contributed by atoms with Crippen LogP contribution >= 0.6 is 0 Å². The molecule has 0 radical (unpaired) electrons. The molecule has 9 nitrogen and oxygen atoms in total. The van der Waals surface area contributed by atoms with Gasteiger partial charge in [-0.05, 0) is 6.42 Å². The zero-order chi connectivity index (χ0) is 16.9. The van der Waals surface area contributed by atoms with Gasteiger partial charge in [0.05, 0.1) is 11.4 Å². The largest absolute Gasteiger partial charge is 0.465 e. The summed E-state index contributed by atoms with van der Waals surface area (Å²) in [7, 11) is -7.72. The van der Waals surface area contributed by atoms with Gasteiger partial charge in [-0.15, -0.1) is 0 Å². The lowest BCUT2D eigenvalue weighted by Gasteiger charge is -2.29. The van der Waals surface area contributed by atoms with Gasteiger partial charge in [0.2, 0.25) is 0 Å². The number of hydrogen-bond acceptors (Lipinski definition) is 8. The maximum absolute atomic E-state index is 13.2. The van der Waals surface area contributed by atoms with Crippen molar-refractivity contribution in [2.45, 2.75) is 41.3 Å². The summed E-state index contributed by atoms with van der Waals surface area (Å²) in [5.41, 5.74) is 0. The van der Waals surface area contributed by atoms with Gasteiger partial charge < -0.3 is 14.2 Å². The van der Waals surface area contributed by atoms with Gasteiger partial charge >= 0.3 is 21.3 Å². The second kappa shape index (κ2) is 5.63. The molecule has 2 aliphatic heterocycles. The van der Waals surface area contributed by atoms with Crippen molar-refractivity contribution in [3.63, 3.8) is 0 Å². The van der Waals surface area contributed by atoms with Gasteiger partial charge in [0.1, 0.15) is 22.9 Å². The summed E-state index contributed by atoms with van der Waals surface area (Å²) in [6.45, 7) is 0. The molecule has 0 aliphatic carbocycles. The molecule has 5 unspecified atom stereocenters. The average molecular weight is 366 g/mol. The van der Waals surface area contributed by atoms with Gasteiger partial charge in [-0.1, -0.05) is 0 Å². The van der Waals surface area contributed by atoms with Gasteiger partial charge in [-0.25, -0.2) is 13.2 Å². The highest BCUT2D eigenvalue weighted by Gasteiger charge is 2.61. The molecule has 0 aromatic heterocycles. The van der Waals surface area contributed by atoms with Gasteiger partial charge in [0.25, 0.3) is 0 Å². The summed E-state index contributed by atoms with van der Waals surface area (Å²) >= 11 is 0. The first-order valence-corrected chi connectivity index (χ1v) is 8.57. The quantitative estimate of drug-likeness (QED) is 0.340. The van der Waals surface area contributed by atoms with Gasteiger partial charge in [0.15, 0.2) is 6.10 Å². The van der Waals surface area contributed by atoms with Crippen LogP contribution in [-0.4, -0.2) is 69.4 Å². The van der Waals surface area contributed by atoms with Crippen LogP contribution in [0, 0.1) is 0 Å². The lowest BCUT2D eigenvalue weighted by Crippen LogP contribution is -2.50. The van der Waals surface area contributed by atoms with Crippen molar-refractivity contribution >= 4 is 26.8 Å². The minimum atomic E-state index is -5.99. The third-order valence-corrected chi connectivity index (χ3v) is 5.41. The Morgan fingerprint density at radius 2 is 1.95 bits per heavy atom. The van der Waals surface area contributed by atoms with E-state index in [0.717, 1.165) is 7.11 Å². The molecule has 2 aliphatic rings. The number of methoxy groups -OCH3 is 1. The Balaban J connectivity index is 2.17. The normalized spacial score (nSPS) is 35.0. The zero-order valence-corrected chi connectivity index (χ0v) is 12.6. The van der Waals surface area contributed by atoms with Crippen LogP contribution in [0.25, 0.3) is 0 Å². The van der Waals surface area contributed by atoms with E-state index >= 15 is 0 Å². The van der Waals surface area contributed by atoms with Crippen molar-refractivity contribution in [2.24, 2.45) is 0 Å². The molecule has 0 saturated carbocycles. The Labute approximate surface area is 125 Å². The Morgan fingerprint density at radius 1 is 1.36 bits per heavy atom. The smallest absolute Gasteiger partial charge is 0.451 e. The molecule has 2 saturated heterocycles. The standard InChI is InChI=1S/C9H12F2O9S2/c1-18-7-5(3-2-4(21(13)14)6(7)19-3)20-8(12)9(10,11)22(15,16)17/h3-7,21H,2H2,1H3,(H,15,16,17). The second-order valence-corrected chi connectivity index (χ2v) is 7.49. The van der Waals surface area contributed by atoms with E-state index in [0.29, 0.717) is 0 Å². The van der Waals surface area contributed by atoms with E-state index < -0.39 is 61.7 Å². The average Bonchev–Trinajstić information content (AvgIpc) is 2.94. The molecule has 0 aromatic carbocycles. The molecular weight excluding hydrogens is 354 g/mol. The SMILES string of the molecule is COC1C(OC(=O)C(F)(F)S(=O)(=O)O)C2CC([SH](=O)=O)C1O2. The summed E-state index contributed by atoms with van der Waals surface area (Å²) in [5, 5.41) is -6.06. The van der Waals surface area contributed by atoms with Crippen molar-refractivity contribution in [1.29, 1.82) is 0 Å². The molecule has 22 heavy (non-hydrogen) atoms. The van der Waals surface area contributed by atoms with Crippen molar-refractivity contribution in [1.82, 2.24) is 0 Å². The van der Waals surface area contributed by atoms with Crippen molar-refractivity contribution < 1.29 is 49.2 Å². The molecule has 5 atom stereocenters. The summed E-state index contributed by atoms with van der Waals surface area (Å²) in [6.07, 6.45) is -4.67. The number of thiol groups is 1. The van der Waals surface area contributed by atoms with Crippen LogP contribution in [0.2, 0.25) is 0 Å². The minimum Gasteiger partial charge on any atom is -0.451 e. The summed E-state index contributed by atoms with van der Waals surface area (Å²) in [6, 6.07) is 0. The molecule has 128 valence electrons. The molecule has 0 aromatic rings. The number of carbonyl (C=O) groups is 1. The monoisotopic (exact) mass is 366 g/mol. The summed E-state index contributed by atoms with van der Waals surface area (Å²) in [5.74, 6) is -2.48. The number of esters is 1. The topological polar surface area (TPSA) is 133 Å². The first-order valence-electron chi connectivity index (χ1n) is 5.88. The van der Waals surface area contributed by atoms with Crippen molar-refractivity contribution in [3.05, 3.63) is 0 Å². The van der Waals surface area contributed by atoms with Crippen LogP contribution < -0.4 is 0 Å².